The van der Waals surface area contributed by atoms with Crippen molar-refractivity contribution in [1.29, 1.82) is 0 Å². The summed E-state index contributed by atoms with van der Waals surface area (Å²) >= 11 is 2.97. The Morgan fingerprint density at radius 2 is 2.22 bits per heavy atom. The number of hydrogen-bond donors (Lipinski definition) is 2. The number of thioether (sulfide) groups is 1. The molecule has 0 radical (unpaired) electrons. The molecule has 0 spiro atoms. The minimum Gasteiger partial charge on any atom is -0.343 e. The van der Waals surface area contributed by atoms with Crippen molar-refractivity contribution < 1.29 is 4.79 Å². The molecule has 1 aliphatic heterocycles. The second-order valence-electron chi connectivity index (χ2n) is 5.58. The molecule has 23 heavy (non-hydrogen) atoms. The van der Waals surface area contributed by atoms with E-state index in [1.54, 1.807) is 11.3 Å². The quantitative estimate of drug-likeness (QED) is 0.646. The van der Waals surface area contributed by atoms with Crippen molar-refractivity contribution in [2.45, 2.75) is 30.3 Å². The van der Waals surface area contributed by atoms with E-state index in [9.17, 15) is 9.59 Å². The molecule has 0 saturated heterocycles. The minimum atomic E-state index is -0.304. The average molecular weight is 345 g/mol. The fourth-order valence-corrected chi connectivity index (χ4v) is 4.50. The zero-order valence-electron chi connectivity index (χ0n) is 12.5. The van der Waals surface area contributed by atoms with Gasteiger partial charge in [0, 0.05) is 22.6 Å². The van der Waals surface area contributed by atoms with Crippen LogP contribution < -0.4 is 10.9 Å². The highest BCUT2D eigenvalue weighted by molar-refractivity contribution is 7.98. The molecule has 5 nitrogen and oxygen atoms in total. The van der Waals surface area contributed by atoms with Gasteiger partial charge >= 0.3 is 0 Å². The number of ketones is 1. The summed E-state index contributed by atoms with van der Waals surface area (Å²) in [5.41, 5.74) is 2.06. The summed E-state index contributed by atoms with van der Waals surface area (Å²) in [5, 5.41) is 5.81. The number of aromatic amines is 1. The van der Waals surface area contributed by atoms with E-state index in [0.29, 0.717) is 23.0 Å². The number of carbonyl (C=O) groups is 1. The first-order valence-electron chi connectivity index (χ1n) is 7.44. The van der Waals surface area contributed by atoms with Gasteiger partial charge in [-0.05, 0) is 30.5 Å². The Hall–Kier alpha value is -1.86. The molecule has 2 N–H and O–H groups in total. The van der Waals surface area contributed by atoms with Crippen molar-refractivity contribution in [3.8, 4) is 0 Å². The SMILES string of the molecule is CSc1nc2c(c(=O)[nH]1)[C@H](c1cccs1)C1=C(CCCC1=O)N2. The van der Waals surface area contributed by atoms with Crippen molar-refractivity contribution >= 4 is 34.7 Å². The van der Waals surface area contributed by atoms with E-state index in [1.165, 1.54) is 11.8 Å². The highest BCUT2D eigenvalue weighted by atomic mass is 32.2. The van der Waals surface area contributed by atoms with Crippen molar-refractivity contribution in [3.05, 3.63) is 49.6 Å². The summed E-state index contributed by atoms with van der Waals surface area (Å²) in [6.07, 6.45) is 4.09. The third kappa shape index (κ3) is 2.35. The summed E-state index contributed by atoms with van der Waals surface area (Å²) < 4.78 is 0. The van der Waals surface area contributed by atoms with Gasteiger partial charge in [-0.1, -0.05) is 17.8 Å². The van der Waals surface area contributed by atoms with Crippen molar-refractivity contribution in [1.82, 2.24) is 9.97 Å². The number of allylic oxidation sites excluding steroid dienone is 2. The van der Waals surface area contributed by atoms with E-state index >= 15 is 0 Å². The summed E-state index contributed by atoms with van der Waals surface area (Å²) in [6.45, 7) is 0. The van der Waals surface area contributed by atoms with Gasteiger partial charge in [-0.3, -0.25) is 9.59 Å². The van der Waals surface area contributed by atoms with Gasteiger partial charge in [0.05, 0.1) is 11.5 Å². The minimum absolute atomic E-state index is 0.135. The molecule has 0 unspecified atom stereocenters. The summed E-state index contributed by atoms with van der Waals surface area (Å²) in [6, 6.07) is 3.94. The number of carbonyl (C=O) groups excluding carboxylic acids is 1. The molecule has 118 valence electrons. The van der Waals surface area contributed by atoms with E-state index in [4.69, 9.17) is 0 Å². The third-order valence-corrected chi connectivity index (χ3v) is 5.77. The molecule has 3 heterocycles. The van der Waals surface area contributed by atoms with Gasteiger partial charge < -0.3 is 10.3 Å². The molecule has 0 amide bonds. The smallest absolute Gasteiger partial charge is 0.257 e. The lowest BCUT2D eigenvalue weighted by molar-refractivity contribution is -0.116. The number of rotatable bonds is 2. The first-order chi connectivity index (χ1) is 11.2. The maximum Gasteiger partial charge on any atom is 0.257 e. The molecular formula is C16H15N3O2S2. The number of anilines is 1. The van der Waals surface area contributed by atoms with Gasteiger partial charge in [0.15, 0.2) is 10.9 Å². The Kier molecular flexibility index (Phi) is 3.61. The molecule has 0 bridgehead atoms. The van der Waals surface area contributed by atoms with Gasteiger partial charge in [-0.25, -0.2) is 4.98 Å². The maximum atomic E-state index is 12.7. The fraction of sp³-hybridized carbons (Fsp3) is 0.312. The zero-order chi connectivity index (χ0) is 16.0. The number of Topliss-reactive ketones (excluding diaryl/α,β-unsaturated/α-hetero) is 1. The van der Waals surface area contributed by atoms with Gasteiger partial charge in [-0.2, -0.15) is 0 Å². The number of nitrogens with one attached hydrogen (secondary N) is 2. The molecule has 2 aromatic rings. The zero-order valence-corrected chi connectivity index (χ0v) is 14.1. The van der Waals surface area contributed by atoms with Crippen LogP contribution in [0.5, 0.6) is 0 Å². The van der Waals surface area contributed by atoms with Crippen LogP contribution in [0.2, 0.25) is 0 Å². The summed E-state index contributed by atoms with van der Waals surface area (Å²) in [7, 11) is 0. The molecular weight excluding hydrogens is 330 g/mol. The lowest BCUT2D eigenvalue weighted by Crippen LogP contribution is -2.32. The number of H-pyrrole nitrogens is 1. The predicted octanol–water partition coefficient (Wildman–Crippen LogP) is 3.12. The first-order valence-corrected chi connectivity index (χ1v) is 9.54. The average Bonchev–Trinajstić information content (AvgIpc) is 3.07. The molecule has 2 aliphatic rings. The van der Waals surface area contributed by atoms with E-state index in [1.807, 2.05) is 23.8 Å². The standard InChI is InChI=1S/C16H15N3O2S2/c1-22-16-18-14-13(15(21)19-16)12(10-6-3-7-23-10)11-8(17-14)4-2-5-9(11)20/h3,6-7,12H,2,4-5H2,1H3,(H2,17,18,19,21)/t12-/m1/s1. The largest absolute Gasteiger partial charge is 0.343 e. The van der Waals surface area contributed by atoms with Crippen LogP contribution in [0.15, 0.2) is 38.7 Å². The Morgan fingerprint density at radius 3 is 2.96 bits per heavy atom. The number of fused-ring (bicyclic) bond motifs is 1. The van der Waals surface area contributed by atoms with E-state index in [2.05, 4.69) is 15.3 Å². The topological polar surface area (TPSA) is 74.8 Å². The Balaban J connectivity index is 1.98. The van der Waals surface area contributed by atoms with Crippen molar-refractivity contribution in [2.75, 3.05) is 11.6 Å². The third-order valence-electron chi connectivity index (χ3n) is 4.26. The van der Waals surface area contributed by atoms with Crippen LogP contribution in [0.3, 0.4) is 0 Å². The van der Waals surface area contributed by atoms with E-state index in [-0.39, 0.29) is 17.3 Å². The molecule has 0 fully saturated rings. The highest BCUT2D eigenvalue weighted by Crippen LogP contribution is 2.44. The molecule has 1 atom stereocenters. The van der Waals surface area contributed by atoms with Gasteiger partial charge in [0.25, 0.3) is 5.56 Å². The Morgan fingerprint density at radius 1 is 1.35 bits per heavy atom. The monoisotopic (exact) mass is 345 g/mol. The van der Waals surface area contributed by atoms with Crippen LogP contribution in [0.1, 0.15) is 35.6 Å². The summed E-state index contributed by atoms with van der Waals surface area (Å²) in [4.78, 5) is 33.6. The van der Waals surface area contributed by atoms with Crippen LogP contribution in [-0.4, -0.2) is 22.0 Å². The lowest BCUT2D eigenvalue weighted by Gasteiger charge is -2.32. The molecule has 4 rings (SSSR count). The van der Waals surface area contributed by atoms with Crippen LogP contribution in [0.4, 0.5) is 5.82 Å². The van der Waals surface area contributed by atoms with Gasteiger partial charge in [0.2, 0.25) is 0 Å². The summed E-state index contributed by atoms with van der Waals surface area (Å²) in [5.74, 6) is 0.419. The number of nitrogens with zero attached hydrogens (tertiary/aromatic N) is 1. The second kappa shape index (κ2) is 5.65. The van der Waals surface area contributed by atoms with E-state index < -0.39 is 0 Å². The number of thiophene rings is 1. The maximum absolute atomic E-state index is 12.7. The molecule has 0 saturated carbocycles. The number of hydrogen-bond acceptors (Lipinski definition) is 6. The van der Waals surface area contributed by atoms with E-state index in [0.717, 1.165) is 29.0 Å². The fourth-order valence-electron chi connectivity index (χ4n) is 3.28. The Labute approximate surface area is 141 Å². The van der Waals surface area contributed by atoms with Crippen LogP contribution >= 0.6 is 23.1 Å². The van der Waals surface area contributed by atoms with Crippen molar-refractivity contribution in [2.24, 2.45) is 0 Å². The molecule has 0 aromatic carbocycles. The number of aromatic nitrogens is 2. The molecule has 2 aromatic heterocycles. The van der Waals surface area contributed by atoms with Gasteiger partial charge in [-0.15, -0.1) is 11.3 Å². The van der Waals surface area contributed by atoms with Crippen LogP contribution in [0.25, 0.3) is 0 Å². The second-order valence-corrected chi connectivity index (χ2v) is 7.35. The highest BCUT2D eigenvalue weighted by Gasteiger charge is 2.38. The van der Waals surface area contributed by atoms with Crippen molar-refractivity contribution in [3.63, 3.8) is 0 Å². The normalized spacial score (nSPS) is 20.0. The molecule has 1 aliphatic carbocycles. The van der Waals surface area contributed by atoms with Crippen LogP contribution in [0, 0.1) is 0 Å². The molecule has 7 heteroatoms. The first kappa shape index (κ1) is 14.7. The lowest BCUT2D eigenvalue weighted by atomic mass is 9.79. The van der Waals surface area contributed by atoms with Crippen LogP contribution in [-0.2, 0) is 4.79 Å². The van der Waals surface area contributed by atoms with Gasteiger partial charge in [0.1, 0.15) is 5.82 Å². The predicted molar refractivity (Wildman–Crippen MR) is 92.3 cm³/mol. The Bertz CT molecular complexity index is 868.